The number of ether oxygens (including phenoxy) is 1. The number of nitrogens with zero attached hydrogens (tertiary/aromatic N) is 2. The second-order valence-corrected chi connectivity index (χ2v) is 5.10. The Bertz CT molecular complexity index is 567. The lowest BCUT2D eigenvalue weighted by atomic mass is 10.1. The molecular weight excluding hydrogens is 282 g/mol. The van der Waals surface area contributed by atoms with Crippen LogP contribution in [0.5, 0.6) is 0 Å². The van der Waals surface area contributed by atoms with Gasteiger partial charge in [0.2, 0.25) is 0 Å². The van der Waals surface area contributed by atoms with Crippen LogP contribution in [0.1, 0.15) is 18.2 Å². The van der Waals surface area contributed by atoms with Crippen LogP contribution in [0.25, 0.3) is 10.9 Å². The minimum atomic E-state index is 0.278. The molecule has 1 saturated heterocycles. The van der Waals surface area contributed by atoms with Gasteiger partial charge in [-0.15, -0.1) is 0 Å². The molecule has 4 nitrogen and oxygen atoms in total. The van der Waals surface area contributed by atoms with Crippen LogP contribution in [0, 0.1) is 0 Å². The fraction of sp³-hybridized carbons (Fsp3) is 0.333. The van der Waals surface area contributed by atoms with Crippen molar-refractivity contribution in [3.8, 4) is 0 Å². The van der Waals surface area contributed by atoms with Crippen LogP contribution in [-0.4, -0.2) is 23.2 Å². The Kier molecular flexibility index (Phi) is 2.72. The van der Waals surface area contributed by atoms with Crippen molar-refractivity contribution in [3.05, 3.63) is 28.5 Å². The highest BCUT2D eigenvalue weighted by Gasteiger charge is 2.21. The van der Waals surface area contributed by atoms with Crippen LogP contribution < -0.4 is 5.73 Å². The van der Waals surface area contributed by atoms with Gasteiger partial charge in [-0.2, -0.15) is 0 Å². The summed E-state index contributed by atoms with van der Waals surface area (Å²) in [6, 6.07) is 5.84. The molecule has 2 heterocycles. The van der Waals surface area contributed by atoms with Crippen molar-refractivity contribution in [2.45, 2.75) is 12.3 Å². The third-order valence-electron chi connectivity index (χ3n) is 3.00. The maximum Gasteiger partial charge on any atom is 0.136 e. The molecule has 2 N–H and O–H groups in total. The molecule has 0 radical (unpaired) electrons. The quantitative estimate of drug-likeness (QED) is 0.877. The van der Waals surface area contributed by atoms with E-state index in [1.54, 1.807) is 0 Å². The molecule has 1 aromatic carbocycles. The fourth-order valence-electron chi connectivity index (χ4n) is 2.07. The van der Waals surface area contributed by atoms with Crippen molar-refractivity contribution in [2.75, 3.05) is 18.9 Å². The number of benzene rings is 1. The molecule has 0 saturated carbocycles. The number of fused-ring (bicyclic) bond motifs is 1. The first-order chi connectivity index (χ1) is 8.24. The van der Waals surface area contributed by atoms with Crippen molar-refractivity contribution < 1.29 is 4.74 Å². The molecule has 1 fully saturated rings. The molecule has 0 bridgehead atoms. The molecule has 88 valence electrons. The monoisotopic (exact) mass is 293 g/mol. The van der Waals surface area contributed by atoms with Gasteiger partial charge in [-0.25, -0.2) is 9.97 Å². The van der Waals surface area contributed by atoms with Crippen LogP contribution in [0.15, 0.2) is 22.7 Å². The number of aromatic nitrogens is 2. The lowest BCUT2D eigenvalue weighted by Gasteiger charge is -2.09. The van der Waals surface area contributed by atoms with Gasteiger partial charge in [0.15, 0.2) is 0 Å². The molecule has 1 aliphatic heterocycles. The zero-order valence-corrected chi connectivity index (χ0v) is 10.8. The lowest BCUT2D eigenvalue weighted by Crippen LogP contribution is -2.07. The summed E-state index contributed by atoms with van der Waals surface area (Å²) in [5.74, 6) is 1.62. The smallest absolute Gasteiger partial charge is 0.136 e. The molecule has 5 heteroatoms. The molecule has 0 aliphatic carbocycles. The second-order valence-electron chi connectivity index (χ2n) is 4.19. The highest BCUT2D eigenvalue weighted by Crippen LogP contribution is 2.27. The van der Waals surface area contributed by atoms with E-state index < -0.39 is 0 Å². The second kappa shape index (κ2) is 4.23. The summed E-state index contributed by atoms with van der Waals surface area (Å²) in [6.45, 7) is 1.48. The average molecular weight is 294 g/mol. The van der Waals surface area contributed by atoms with Gasteiger partial charge < -0.3 is 10.5 Å². The largest absolute Gasteiger partial charge is 0.383 e. The van der Waals surface area contributed by atoms with Gasteiger partial charge in [0.1, 0.15) is 11.6 Å². The van der Waals surface area contributed by atoms with E-state index in [0.29, 0.717) is 12.4 Å². The van der Waals surface area contributed by atoms with Crippen LogP contribution >= 0.6 is 15.9 Å². The highest BCUT2D eigenvalue weighted by atomic mass is 79.9. The van der Waals surface area contributed by atoms with E-state index in [1.165, 1.54) is 0 Å². The van der Waals surface area contributed by atoms with Gasteiger partial charge >= 0.3 is 0 Å². The normalized spacial score (nSPS) is 19.9. The Balaban J connectivity index is 2.14. The predicted octanol–water partition coefficient (Wildman–Crippen LogP) is 2.48. The Hall–Kier alpha value is -1.20. The SMILES string of the molecule is Nc1nc(C2CCOC2)nc2cc(Br)ccc12. The Morgan fingerprint density at radius 2 is 2.24 bits per heavy atom. The molecule has 1 unspecified atom stereocenters. The number of nitrogens with two attached hydrogens (primary N) is 1. The van der Waals surface area contributed by atoms with E-state index >= 15 is 0 Å². The summed E-state index contributed by atoms with van der Waals surface area (Å²) in [6.07, 6.45) is 0.971. The summed E-state index contributed by atoms with van der Waals surface area (Å²) < 4.78 is 6.35. The van der Waals surface area contributed by atoms with Crippen LogP contribution in [0.3, 0.4) is 0 Å². The fourth-order valence-corrected chi connectivity index (χ4v) is 2.42. The van der Waals surface area contributed by atoms with Crippen molar-refractivity contribution in [1.29, 1.82) is 0 Å². The number of anilines is 1. The first kappa shape index (κ1) is 10.9. The minimum Gasteiger partial charge on any atom is -0.383 e. The number of nitrogen functional groups attached to an aromatic ring is 1. The first-order valence-corrected chi connectivity index (χ1v) is 6.34. The van der Waals surface area contributed by atoms with Crippen LogP contribution in [-0.2, 0) is 4.74 Å². The zero-order valence-electron chi connectivity index (χ0n) is 9.19. The van der Waals surface area contributed by atoms with Gasteiger partial charge in [-0.05, 0) is 24.6 Å². The molecule has 2 aromatic rings. The standard InChI is InChI=1S/C12H12BrN3O/c13-8-1-2-9-10(5-8)15-12(16-11(9)14)7-3-4-17-6-7/h1-2,5,7H,3-4,6H2,(H2,14,15,16). The van der Waals surface area contributed by atoms with Gasteiger partial charge in [-0.1, -0.05) is 15.9 Å². The molecule has 1 aliphatic rings. The molecule has 0 amide bonds. The maximum absolute atomic E-state index is 5.97. The Morgan fingerprint density at radius 3 is 3.00 bits per heavy atom. The van der Waals surface area contributed by atoms with E-state index in [2.05, 4.69) is 25.9 Å². The summed E-state index contributed by atoms with van der Waals surface area (Å²) in [5.41, 5.74) is 6.85. The highest BCUT2D eigenvalue weighted by molar-refractivity contribution is 9.10. The van der Waals surface area contributed by atoms with E-state index in [0.717, 1.165) is 34.2 Å². The number of hydrogen-bond donors (Lipinski definition) is 1. The van der Waals surface area contributed by atoms with E-state index in [9.17, 15) is 0 Å². The number of halogens is 1. The Morgan fingerprint density at radius 1 is 1.35 bits per heavy atom. The molecular formula is C12H12BrN3O. The third kappa shape index (κ3) is 2.00. The number of rotatable bonds is 1. The average Bonchev–Trinajstić information content (AvgIpc) is 2.81. The van der Waals surface area contributed by atoms with Gasteiger partial charge in [0.25, 0.3) is 0 Å². The first-order valence-electron chi connectivity index (χ1n) is 5.54. The van der Waals surface area contributed by atoms with Crippen molar-refractivity contribution in [3.63, 3.8) is 0 Å². The van der Waals surface area contributed by atoms with Crippen LogP contribution in [0.4, 0.5) is 5.82 Å². The maximum atomic E-state index is 5.97. The third-order valence-corrected chi connectivity index (χ3v) is 3.49. The summed E-state index contributed by atoms with van der Waals surface area (Å²) in [7, 11) is 0. The molecule has 17 heavy (non-hydrogen) atoms. The molecule has 0 spiro atoms. The summed E-state index contributed by atoms with van der Waals surface area (Å²) in [4.78, 5) is 8.96. The summed E-state index contributed by atoms with van der Waals surface area (Å²) >= 11 is 3.44. The summed E-state index contributed by atoms with van der Waals surface area (Å²) in [5, 5.41) is 0.899. The van der Waals surface area contributed by atoms with Crippen molar-refractivity contribution in [1.82, 2.24) is 9.97 Å². The molecule has 1 atom stereocenters. The van der Waals surface area contributed by atoms with Crippen LogP contribution in [0.2, 0.25) is 0 Å². The van der Waals surface area contributed by atoms with Crippen molar-refractivity contribution >= 4 is 32.7 Å². The van der Waals surface area contributed by atoms with E-state index in [1.807, 2.05) is 18.2 Å². The van der Waals surface area contributed by atoms with E-state index in [-0.39, 0.29) is 5.92 Å². The topological polar surface area (TPSA) is 61.0 Å². The Labute approximate surface area is 107 Å². The predicted molar refractivity (Wildman–Crippen MR) is 69.8 cm³/mol. The molecule has 3 rings (SSSR count). The molecule has 1 aromatic heterocycles. The number of hydrogen-bond acceptors (Lipinski definition) is 4. The lowest BCUT2D eigenvalue weighted by molar-refractivity contribution is 0.193. The van der Waals surface area contributed by atoms with Gasteiger partial charge in [-0.3, -0.25) is 0 Å². The minimum absolute atomic E-state index is 0.278. The van der Waals surface area contributed by atoms with E-state index in [4.69, 9.17) is 10.5 Å². The zero-order chi connectivity index (χ0) is 11.8. The van der Waals surface area contributed by atoms with Gasteiger partial charge in [0.05, 0.1) is 12.1 Å². The van der Waals surface area contributed by atoms with Gasteiger partial charge in [0, 0.05) is 22.4 Å². The van der Waals surface area contributed by atoms with Crippen molar-refractivity contribution in [2.24, 2.45) is 0 Å².